The van der Waals surface area contributed by atoms with Gasteiger partial charge in [-0.05, 0) is 35.2 Å². The number of halogens is 1. The molecule has 1 unspecified atom stereocenters. The molecule has 0 saturated heterocycles. The molecule has 2 N–H and O–H groups in total. The third kappa shape index (κ3) is 7.92. The molecule has 1 atom stereocenters. The fraction of sp³-hybridized carbons (Fsp3) is 0.333. The van der Waals surface area contributed by atoms with Gasteiger partial charge in [0.05, 0.1) is 5.92 Å². The first-order chi connectivity index (χ1) is 15.8. The Morgan fingerprint density at radius 2 is 1.67 bits per heavy atom. The van der Waals surface area contributed by atoms with Crippen LogP contribution < -0.4 is 5.73 Å². The maximum Gasteiger partial charge on any atom is 0.410 e. The van der Waals surface area contributed by atoms with Gasteiger partial charge in [-0.2, -0.15) is 5.26 Å². The summed E-state index contributed by atoms with van der Waals surface area (Å²) in [5.41, 5.74) is 7.41. The number of esters is 1. The quantitative estimate of drug-likeness (QED) is 0.519. The minimum absolute atomic E-state index is 0.0488. The Morgan fingerprint density at radius 3 is 2.21 bits per heavy atom. The molecule has 33 heavy (non-hydrogen) atoms. The molecule has 2 aromatic carbocycles. The van der Waals surface area contributed by atoms with Gasteiger partial charge in [-0.15, -0.1) is 0 Å². The minimum atomic E-state index is -0.744. The molecule has 0 saturated carbocycles. The number of hydrogen-bond donors (Lipinski definition) is 1. The van der Waals surface area contributed by atoms with Crippen molar-refractivity contribution in [1.82, 2.24) is 4.90 Å². The number of nitrogens with two attached hydrogens (primary N) is 1. The minimum Gasteiger partial charge on any atom is -0.449 e. The molecular formula is C24H26FN3O5. The van der Waals surface area contributed by atoms with Crippen LogP contribution in [0.25, 0.3) is 0 Å². The number of rotatable bonds is 11. The average molecular weight is 455 g/mol. The van der Waals surface area contributed by atoms with Crippen molar-refractivity contribution in [3.05, 3.63) is 71.0 Å². The summed E-state index contributed by atoms with van der Waals surface area (Å²) in [5, 5.41) is 8.50. The number of primary amides is 1. The van der Waals surface area contributed by atoms with E-state index in [0.717, 1.165) is 6.42 Å². The number of benzene rings is 2. The number of amides is 2. The van der Waals surface area contributed by atoms with E-state index in [2.05, 4.69) is 0 Å². The predicted molar refractivity (Wildman–Crippen MR) is 117 cm³/mol. The molecule has 0 aliphatic heterocycles. The number of unbranched alkanes of at least 4 members (excludes halogenated alkanes) is 1. The summed E-state index contributed by atoms with van der Waals surface area (Å²) in [4.78, 5) is 37.4. The molecule has 0 bridgehead atoms. The van der Waals surface area contributed by atoms with Gasteiger partial charge in [0.2, 0.25) is 5.91 Å². The fourth-order valence-corrected chi connectivity index (χ4v) is 3.12. The Morgan fingerprint density at radius 1 is 1.06 bits per heavy atom. The van der Waals surface area contributed by atoms with Crippen LogP contribution in [0.15, 0.2) is 48.5 Å². The first-order valence-corrected chi connectivity index (χ1v) is 10.4. The van der Waals surface area contributed by atoms with Crippen LogP contribution in [0.5, 0.6) is 0 Å². The van der Waals surface area contributed by atoms with Crippen LogP contribution in [-0.4, -0.2) is 42.6 Å². The lowest BCUT2D eigenvalue weighted by Gasteiger charge is -2.21. The number of carbonyl (C=O) groups excluding carboxylic acids is 3. The zero-order valence-electron chi connectivity index (χ0n) is 18.3. The van der Waals surface area contributed by atoms with E-state index in [9.17, 15) is 18.8 Å². The van der Waals surface area contributed by atoms with Crippen LogP contribution in [0.2, 0.25) is 0 Å². The van der Waals surface area contributed by atoms with Crippen LogP contribution >= 0.6 is 0 Å². The molecule has 0 radical (unpaired) electrons. The van der Waals surface area contributed by atoms with Crippen molar-refractivity contribution in [2.45, 2.75) is 32.3 Å². The number of carbonyl (C=O) groups is 3. The lowest BCUT2D eigenvalue weighted by molar-refractivity contribution is -0.143. The van der Waals surface area contributed by atoms with Gasteiger partial charge in [0, 0.05) is 6.54 Å². The monoisotopic (exact) mass is 455 g/mol. The van der Waals surface area contributed by atoms with Crippen LogP contribution in [0.3, 0.4) is 0 Å². The molecule has 174 valence electrons. The highest BCUT2D eigenvalue weighted by Gasteiger charge is 2.21. The first-order valence-electron chi connectivity index (χ1n) is 10.4. The Labute approximate surface area is 191 Å². The largest absolute Gasteiger partial charge is 0.449 e. The van der Waals surface area contributed by atoms with Crippen molar-refractivity contribution in [3.63, 3.8) is 0 Å². The standard InChI is InChI=1S/C24H26FN3O5/c1-2-3-13-28(15-21(29)32-14-12-26)24(31)33-16-17-4-6-18(7-5-17)22(23(27)30)19-8-10-20(25)11-9-19/h4-11,22H,2-3,13-16H2,1H3,(H2,27,30). The Hall–Kier alpha value is -3.93. The molecule has 0 aliphatic rings. The maximum atomic E-state index is 13.2. The summed E-state index contributed by atoms with van der Waals surface area (Å²) in [6.45, 7) is 1.52. The van der Waals surface area contributed by atoms with Gasteiger partial charge in [-0.3, -0.25) is 14.5 Å². The Bertz CT molecular complexity index is 987. The van der Waals surface area contributed by atoms with E-state index in [0.29, 0.717) is 29.7 Å². The number of nitrogens with zero attached hydrogens (tertiary/aromatic N) is 2. The lowest BCUT2D eigenvalue weighted by Crippen LogP contribution is -2.37. The summed E-state index contributed by atoms with van der Waals surface area (Å²) in [6, 6.07) is 14.0. The molecule has 9 heteroatoms. The Kier molecular flexibility index (Phi) is 9.83. The second-order valence-electron chi connectivity index (χ2n) is 7.28. The highest BCUT2D eigenvalue weighted by Crippen LogP contribution is 2.25. The van der Waals surface area contributed by atoms with Gasteiger partial charge in [-0.1, -0.05) is 49.7 Å². The normalized spacial score (nSPS) is 11.2. The highest BCUT2D eigenvalue weighted by molar-refractivity contribution is 5.85. The van der Waals surface area contributed by atoms with E-state index < -0.39 is 29.7 Å². The Balaban J connectivity index is 2.02. The van der Waals surface area contributed by atoms with Gasteiger partial charge in [-0.25, -0.2) is 9.18 Å². The van der Waals surface area contributed by atoms with E-state index in [1.165, 1.54) is 29.2 Å². The number of hydrogen-bond acceptors (Lipinski definition) is 6. The van der Waals surface area contributed by atoms with E-state index in [-0.39, 0.29) is 19.8 Å². The third-order valence-electron chi connectivity index (χ3n) is 4.82. The fourth-order valence-electron chi connectivity index (χ4n) is 3.12. The second-order valence-corrected chi connectivity index (χ2v) is 7.28. The van der Waals surface area contributed by atoms with E-state index >= 15 is 0 Å². The SMILES string of the molecule is CCCCN(CC(=O)OCC#N)C(=O)OCc1ccc(C(C(N)=O)c2ccc(F)cc2)cc1. The van der Waals surface area contributed by atoms with Crippen LogP contribution in [-0.2, 0) is 25.7 Å². The number of nitriles is 1. The van der Waals surface area contributed by atoms with Crippen molar-refractivity contribution >= 4 is 18.0 Å². The summed E-state index contributed by atoms with van der Waals surface area (Å²) >= 11 is 0. The molecule has 0 fully saturated rings. The summed E-state index contributed by atoms with van der Waals surface area (Å²) < 4.78 is 23.2. The highest BCUT2D eigenvalue weighted by atomic mass is 19.1. The molecule has 0 heterocycles. The van der Waals surface area contributed by atoms with Gasteiger partial charge in [0.25, 0.3) is 0 Å². The van der Waals surface area contributed by atoms with Crippen LogP contribution in [0.1, 0.15) is 42.4 Å². The smallest absolute Gasteiger partial charge is 0.410 e. The topological polar surface area (TPSA) is 123 Å². The summed E-state index contributed by atoms with van der Waals surface area (Å²) in [6.07, 6.45) is 0.809. The molecule has 0 spiro atoms. The molecular weight excluding hydrogens is 429 g/mol. The summed E-state index contributed by atoms with van der Waals surface area (Å²) in [7, 11) is 0. The van der Waals surface area contributed by atoms with Gasteiger partial charge in [0.1, 0.15) is 25.0 Å². The predicted octanol–water partition coefficient (Wildman–Crippen LogP) is 3.25. The first kappa shape index (κ1) is 25.3. The molecule has 8 nitrogen and oxygen atoms in total. The van der Waals surface area contributed by atoms with Crippen molar-refractivity contribution in [3.8, 4) is 6.07 Å². The van der Waals surface area contributed by atoms with E-state index in [1.54, 1.807) is 30.3 Å². The molecule has 2 rings (SSSR count). The van der Waals surface area contributed by atoms with Crippen LogP contribution in [0.4, 0.5) is 9.18 Å². The van der Waals surface area contributed by atoms with Gasteiger partial charge >= 0.3 is 12.1 Å². The van der Waals surface area contributed by atoms with Crippen molar-refractivity contribution in [2.24, 2.45) is 5.73 Å². The average Bonchev–Trinajstić information content (AvgIpc) is 2.80. The third-order valence-corrected chi connectivity index (χ3v) is 4.82. The van der Waals surface area contributed by atoms with E-state index in [1.807, 2.05) is 6.92 Å². The van der Waals surface area contributed by atoms with Gasteiger partial charge < -0.3 is 15.2 Å². The van der Waals surface area contributed by atoms with Crippen molar-refractivity contribution < 1.29 is 28.2 Å². The van der Waals surface area contributed by atoms with Crippen molar-refractivity contribution in [2.75, 3.05) is 19.7 Å². The lowest BCUT2D eigenvalue weighted by atomic mass is 9.90. The van der Waals surface area contributed by atoms with Gasteiger partial charge in [0.15, 0.2) is 6.61 Å². The molecule has 2 aromatic rings. The number of ether oxygens (including phenoxy) is 2. The molecule has 0 aromatic heterocycles. The second kappa shape index (κ2) is 12.8. The molecule has 2 amide bonds. The maximum absolute atomic E-state index is 13.2. The molecule has 0 aliphatic carbocycles. The van der Waals surface area contributed by atoms with Crippen LogP contribution in [0, 0.1) is 17.1 Å². The zero-order chi connectivity index (χ0) is 24.2. The zero-order valence-corrected chi connectivity index (χ0v) is 18.3. The van der Waals surface area contributed by atoms with Crippen molar-refractivity contribution in [1.29, 1.82) is 5.26 Å². The summed E-state index contributed by atoms with van der Waals surface area (Å²) in [5.74, 6) is -2.42. The van der Waals surface area contributed by atoms with E-state index in [4.69, 9.17) is 20.5 Å².